The van der Waals surface area contributed by atoms with Crippen molar-refractivity contribution in [3.8, 4) is 6.07 Å². The van der Waals surface area contributed by atoms with Gasteiger partial charge in [-0.2, -0.15) is 13.7 Å². The summed E-state index contributed by atoms with van der Waals surface area (Å²) in [5, 5.41) is 9.07. The van der Waals surface area contributed by atoms with E-state index in [1.807, 2.05) is 13.0 Å². The second-order valence-corrected chi connectivity index (χ2v) is 6.09. The molecule has 2 aromatic rings. The van der Waals surface area contributed by atoms with Gasteiger partial charge in [-0.3, -0.25) is 0 Å². The van der Waals surface area contributed by atoms with E-state index in [2.05, 4.69) is 0 Å². The van der Waals surface area contributed by atoms with Crippen LogP contribution < -0.4 is 0 Å². The number of aryl methyl sites for hydroxylation is 1. The number of hydrogen-bond acceptors (Lipinski definition) is 4. The quantitative estimate of drug-likeness (QED) is 0.492. The summed E-state index contributed by atoms with van der Waals surface area (Å²) in [6, 6.07) is 13.0. The molecule has 0 radical (unpaired) electrons. The van der Waals surface area contributed by atoms with Crippen LogP contribution in [0.3, 0.4) is 0 Å². The van der Waals surface area contributed by atoms with Gasteiger partial charge in [0.2, 0.25) is 0 Å². The first-order valence-electron chi connectivity index (χ1n) is 6.28. The van der Waals surface area contributed by atoms with Crippen LogP contribution in [0.4, 0.5) is 4.39 Å². The molecule has 2 rings (SSSR count). The highest BCUT2D eigenvalue weighted by atomic mass is 32.2. The molecule has 22 heavy (non-hydrogen) atoms. The van der Waals surface area contributed by atoms with E-state index in [1.165, 1.54) is 36.4 Å². The van der Waals surface area contributed by atoms with Crippen LogP contribution in [0, 0.1) is 24.1 Å². The van der Waals surface area contributed by atoms with Gasteiger partial charge in [-0.05, 0) is 36.8 Å². The molecule has 0 bridgehead atoms. The molecule has 0 amide bonds. The molecule has 0 saturated carbocycles. The highest BCUT2D eigenvalue weighted by Gasteiger charge is 2.14. The zero-order chi connectivity index (χ0) is 16.2. The SMILES string of the molecule is Cc1ccc(S(=O)(=O)O/C=C(\C#N)c2ccc(F)cc2)cc1. The number of benzene rings is 2. The van der Waals surface area contributed by atoms with Crippen LogP contribution in [-0.2, 0) is 14.3 Å². The third-order valence-corrected chi connectivity index (χ3v) is 4.08. The number of halogens is 1. The van der Waals surface area contributed by atoms with E-state index >= 15 is 0 Å². The summed E-state index contributed by atoms with van der Waals surface area (Å²) in [7, 11) is -4.00. The van der Waals surface area contributed by atoms with Crippen molar-refractivity contribution in [2.24, 2.45) is 0 Å². The fraction of sp³-hybridized carbons (Fsp3) is 0.0625. The fourth-order valence-electron chi connectivity index (χ4n) is 1.66. The highest BCUT2D eigenvalue weighted by molar-refractivity contribution is 7.86. The van der Waals surface area contributed by atoms with Crippen molar-refractivity contribution in [3.05, 3.63) is 71.7 Å². The Morgan fingerprint density at radius 1 is 1.14 bits per heavy atom. The Bertz CT molecular complexity index is 832. The zero-order valence-electron chi connectivity index (χ0n) is 11.7. The van der Waals surface area contributed by atoms with Gasteiger partial charge in [0, 0.05) is 0 Å². The Hall–Kier alpha value is -2.65. The van der Waals surface area contributed by atoms with Crippen molar-refractivity contribution in [2.45, 2.75) is 11.8 Å². The van der Waals surface area contributed by atoms with Gasteiger partial charge in [0.1, 0.15) is 23.0 Å². The highest BCUT2D eigenvalue weighted by Crippen LogP contribution is 2.18. The number of rotatable bonds is 4. The average molecular weight is 317 g/mol. The topological polar surface area (TPSA) is 67.2 Å². The second-order valence-electron chi connectivity index (χ2n) is 4.51. The van der Waals surface area contributed by atoms with Crippen molar-refractivity contribution < 1.29 is 17.0 Å². The molecule has 4 nitrogen and oxygen atoms in total. The summed E-state index contributed by atoms with van der Waals surface area (Å²) in [4.78, 5) is -0.00857. The van der Waals surface area contributed by atoms with Gasteiger partial charge >= 0.3 is 10.1 Å². The minimum Gasteiger partial charge on any atom is -0.385 e. The summed E-state index contributed by atoms with van der Waals surface area (Å²) < 4.78 is 41.7. The second kappa shape index (κ2) is 6.41. The van der Waals surface area contributed by atoms with Crippen molar-refractivity contribution in [2.75, 3.05) is 0 Å². The Labute approximate surface area is 128 Å². The monoisotopic (exact) mass is 317 g/mol. The first-order valence-corrected chi connectivity index (χ1v) is 7.69. The smallest absolute Gasteiger partial charge is 0.338 e. The number of hydrogen-bond donors (Lipinski definition) is 0. The van der Waals surface area contributed by atoms with Gasteiger partial charge in [0.05, 0.1) is 5.57 Å². The fourth-order valence-corrected chi connectivity index (χ4v) is 2.46. The number of allylic oxidation sites excluding steroid dienone is 1. The van der Waals surface area contributed by atoms with Crippen LogP contribution in [0.15, 0.2) is 59.7 Å². The zero-order valence-corrected chi connectivity index (χ0v) is 12.5. The molecule has 0 unspecified atom stereocenters. The molecule has 0 aromatic heterocycles. The molecule has 0 atom stereocenters. The molecule has 0 aliphatic carbocycles. The third kappa shape index (κ3) is 3.71. The molecule has 0 heterocycles. The predicted octanol–water partition coefficient (Wildman–Crippen LogP) is 3.40. The third-order valence-electron chi connectivity index (χ3n) is 2.88. The standard InChI is InChI=1S/C16H12FNO3S/c1-12-2-8-16(9-3-12)22(19,20)21-11-14(10-18)13-4-6-15(17)7-5-13/h2-9,11H,1H3/b14-11+. The molecule has 2 aromatic carbocycles. The summed E-state index contributed by atoms with van der Waals surface area (Å²) in [5.74, 6) is -0.450. The van der Waals surface area contributed by atoms with Gasteiger partial charge in [-0.1, -0.05) is 29.8 Å². The lowest BCUT2D eigenvalue weighted by atomic mass is 10.1. The van der Waals surface area contributed by atoms with Crippen molar-refractivity contribution >= 4 is 15.7 Å². The number of nitriles is 1. The van der Waals surface area contributed by atoms with Crippen LogP contribution >= 0.6 is 0 Å². The maximum absolute atomic E-state index is 12.9. The predicted molar refractivity (Wildman–Crippen MR) is 79.4 cm³/mol. The average Bonchev–Trinajstić information content (AvgIpc) is 2.50. The van der Waals surface area contributed by atoms with E-state index in [9.17, 15) is 12.8 Å². The maximum Gasteiger partial charge on any atom is 0.338 e. The van der Waals surface area contributed by atoms with Gasteiger partial charge in [0.15, 0.2) is 0 Å². The summed E-state index contributed by atoms with van der Waals surface area (Å²) in [6.07, 6.45) is 0.850. The molecule has 0 saturated heterocycles. The molecule has 0 spiro atoms. The van der Waals surface area contributed by atoms with Gasteiger partial charge in [0.25, 0.3) is 0 Å². The van der Waals surface area contributed by atoms with Gasteiger partial charge in [-0.25, -0.2) is 4.39 Å². The van der Waals surface area contributed by atoms with E-state index < -0.39 is 15.9 Å². The molecule has 112 valence electrons. The van der Waals surface area contributed by atoms with Crippen LogP contribution in [-0.4, -0.2) is 8.42 Å². The molecule has 0 N–H and O–H groups in total. The normalized spacial score (nSPS) is 11.8. The van der Waals surface area contributed by atoms with Crippen LogP contribution in [0.5, 0.6) is 0 Å². The van der Waals surface area contributed by atoms with E-state index in [0.29, 0.717) is 5.56 Å². The molecule has 0 aliphatic rings. The van der Waals surface area contributed by atoms with E-state index in [4.69, 9.17) is 9.44 Å². The molecular formula is C16H12FNO3S. The van der Waals surface area contributed by atoms with Crippen LogP contribution in [0.25, 0.3) is 5.57 Å². The summed E-state index contributed by atoms with van der Waals surface area (Å²) >= 11 is 0. The Morgan fingerprint density at radius 3 is 2.27 bits per heavy atom. The Morgan fingerprint density at radius 2 is 1.73 bits per heavy atom. The van der Waals surface area contributed by atoms with Crippen molar-refractivity contribution in [1.29, 1.82) is 5.26 Å². The first kappa shape index (κ1) is 15.7. The lowest BCUT2D eigenvalue weighted by Gasteiger charge is -2.04. The Balaban J connectivity index is 2.26. The molecule has 0 fully saturated rings. The molecule has 0 aliphatic heterocycles. The Kier molecular flexibility index (Phi) is 4.59. The van der Waals surface area contributed by atoms with Gasteiger partial charge < -0.3 is 4.18 Å². The van der Waals surface area contributed by atoms with Crippen molar-refractivity contribution in [3.63, 3.8) is 0 Å². The minimum absolute atomic E-state index is 0.00857. The van der Waals surface area contributed by atoms with Crippen LogP contribution in [0.1, 0.15) is 11.1 Å². The minimum atomic E-state index is -4.00. The van der Waals surface area contributed by atoms with Gasteiger partial charge in [-0.15, -0.1) is 0 Å². The lowest BCUT2D eigenvalue weighted by molar-refractivity contribution is 0.445. The largest absolute Gasteiger partial charge is 0.385 e. The van der Waals surface area contributed by atoms with Crippen LogP contribution in [0.2, 0.25) is 0 Å². The lowest BCUT2D eigenvalue weighted by Crippen LogP contribution is -2.02. The van der Waals surface area contributed by atoms with E-state index in [1.54, 1.807) is 12.1 Å². The van der Waals surface area contributed by atoms with E-state index in [-0.39, 0.29) is 10.5 Å². The molecule has 6 heteroatoms. The summed E-state index contributed by atoms with van der Waals surface area (Å²) in [5.41, 5.74) is 1.26. The first-order chi connectivity index (χ1) is 10.4. The maximum atomic E-state index is 12.9. The summed E-state index contributed by atoms with van der Waals surface area (Å²) in [6.45, 7) is 1.83. The molecular weight excluding hydrogens is 305 g/mol. The number of nitrogens with zero attached hydrogens (tertiary/aromatic N) is 1. The van der Waals surface area contributed by atoms with Crippen molar-refractivity contribution in [1.82, 2.24) is 0 Å². The van der Waals surface area contributed by atoms with E-state index in [0.717, 1.165) is 11.8 Å².